The molecule has 0 radical (unpaired) electrons. The van der Waals surface area contributed by atoms with Gasteiger partial charge in [-0.2, -0.15) is 0 Å². The Bertz CT molecular complexity index is 1150. The van der Waals surface area contributed by atoms with Crippen LogP contribution in [-0.2, 0) is 31.2 Å². The molecule has 10 heteroatoms. The zero-order valence-electron chi connectivity index (χ0n) is 24.4. The zero-order valence-corrected chi connectivity index (χ0v) is 26.0. The third-order valence-electron chi connectivity index (χ3n) is 5.47. The van der Waals surface area contributed by atoms with Gasteiger partial charge in [-0.05, 0) is 47.2 Å². The Labute approximate surface area is 244 Å². The van der Waals surface area contributed by atoms with Gasteiger partial charge in [0.25, 0.3) is 0 Å². The molecule has 222 valence electrons. The van der Waals surface area contributed by atoms with Crippen molar-refractivity contribution in [1.82, 2.24) is 5.32 Å². The Morgan fingerprint density at radius 1 is 0.925 bits per heavy atom. The highest BCUT2D eigenvalue weighted by Gasteiger charge is 2.29. The fourth-order valence-corrected chi connectivity index (χ4v) is 4.66. The van der Waals surface area contributed by atoms with Gasteiger partial charge in [0, 0.05) is 50.7 Å². The minimum atomic E-state index is -1.35. The maximum atomic E-state index is 13.4. The molecule has 2 aromatic carbocycles. The maximum absolute atomic E-state index is 13.4. The van der Waals surface area contributed by atoms with Crippen LogP contribution in [0.25, 0.3) is 0 Å². The molecular formula is C30H42ClNO7S. The maximum Gasteiger partial charge on any atom is 0.328 e. The molecule has 40 heavy (non-hydrogen) atoms. The number of ether oxygens (including phenoxy) is 1. The van der Waals surface area contributed by atoms with Gasteiger partial charge in [0.15, 0.2) is 0 Å². The number of nitrogens with one attached hydrogen (secondary N) is 1. The lowest BCUT2D eigenvalue weighted by Crippen LogP contribution is -2.35. The minimum absolute atomic E-state index is 0.186. The number of aliphatic hydroxyl groups excluding tert-OH is 1. The molecule has 0 fully saturated rings. The number of hydrogen-bond donors (Lipinski definition) is 4. The Balaban J connectivity index is 0.000000869. The second-order valence-electron chi connectivity index (χ2n) is 11.6. The molecular weight excluding hydrogens is 554 g/mol. The van der Waals surface area contributed by atoms with Crippen LogP contribution in [0.2, 0.25) is 5.02 Å². The Morgan fingerprint density at radius 2 is 1.38 bits per heavy atom. The molecule has 0 aromatic heterocycles. The van der Waals surface area contributed by atoms with Crippen LogP contribution in [0, 0.1) is 0 Å². The summed E-state index contributed by atoms with van der Waals surface area (Å²) in [6.45, 7) is 17.4. The number of rotatable bonds is 10. The third kappa shape index (κ3) is 12.2. The predicted molar refractivity (Wildman–Crippen MR) is 159 cm³/mol. The van der Waals surface area contributed by atoms with E-state index in [0.717, 1.165) is 21.8 Å². The van der Waals surface area contributed by atoms with E-state index in [9.17, 15) is 18.9 Å². The quantitative estimate of drug-likeness (QED) is 0.263. The summed E-state index contributed by atoms with van der Waals surface area (Å²) in [4.78, 5) is 20.5. The number of halogens is 1. The van der Waals surface area contributed by atoms with Gasteiger partial charge in [0.05, 0.1) is 10.8 Å². The van der Waals surface area contributed by atoms with E-state index >= 15 is 0 Å². The molecule has 2 unspecified atom stereocenters. The average molecular weight is 596 g/mol. The van der Waals surface area contributed by atoms with Crippen molar-refractivity contribution in [3.05, 3.63) is 64.7 Å². The molecule has 0 aliphatic heterocycles. The highest BCUT2D eigenvalue weighted by molar-refractivity contribution is 7.85. The van der Waals surface area contributed by atoms with Crippen LogP contribution in [0.4, 0.5) is 0 Å². The fourth-order valence-electron chi connectivity index (χ4n) is 3.43. The van der Waals surface area contributed by atoms with Crippen molar-refractivity contribution in [2.24, 2.45) is 0 Å². The molecule has 0 saturated carbocycles. The van der Waals surface area contributed by atoms with E-state index in [1.54, 1.807) is 24.3 Å². The molecule has 8 nitrogen and oxygen atoms in total. The average Bonchev–Trinajstić information content (AvgIpc) is 2.83. The van der Waals surface area contributed by atoms with E-state index in [1.165, 1.54) is 0 Å². The molecule has 0 saturated heterocycles. The highest BCUT2D eigenvalue weighted by atomic mass is 35.5. The Hall–Kier alpha value is -2.72. The molecule has 2 aromatic rings. The van der Waals surface area contributed by atoms with Gasteiger partial charge in [-0.15, -0.1) is 0 Å². The van der Waals surface area contributed by atoms with E-state index in [4.69, 9.17) is 26.6 Å². The van der Waals surface area contributed by atoms with Crippen LogP contribution in [0.1, 0.15) is 66.5 Å². The van der Waals surface area contributed by atoms with Gasteiger partial charge in [0.2, 0.25) is 0 Å². The van der Waals surface area contributed by atoms with Crippen molar-refractivity contribution in [1.29, 1.82) is 0 Å². The van der Waals surface area contributed by atoms with E-state index in [1.807, 2.05) is 26.0 Å². The molecule has 0 heterocycles. The number of benzene rings is 2. The third-order valence-corrected chi connectivity index (χ3v) is 7.09. The second-order valence-corrected chi connectivity index (χ2v) is 13.5. The lowest BCUT2D eigenvalue weighted by atomic mass is 9.79. The first-order chi connectivity index (χ1) is 18.3. The Morgan fingerprint density at radius 3 is 1.75 bits per heavy atom. The van der Waals surface area contributed by atoms with Crippen molar-refractivity contribution >= 4 is 34.3 Å². The van der Waals surface area contributed by atoms with Gasteiger partial charge >= 0.3 is 11.9 Å². The summed E-state index contributed by atoms with van der Waals surface area (Å²) in [5.74, 6) is -1.75. The van der Waals surface area contributed by atoms with Crippen molar-refractivity contribution < 1.29 is 33.9 Å². The first kappa shape index (κ1) is 35.3. The number of carboxylic acids is 2. The summed E-state index contributed by atoms with van der Waals surface area (Å²) in [6.07, 6.45) is 0.492. The van der Waals surface area contributed by atoms with E-state index in [2.05, 4.69) is 46.9 Å². The van der Waals surface area contributed by atoms with Gasteiger partial charge in [-0.25, -0.2) is 13.8 Å². The summed E-state index contributed by atoms with van der Waals surface area (Å²) in [7, 11) is -1.35. The largest absolute Gasteiger partial charge is 0.490 e. The van der Waals surface area contributed by atoms with Crippen LogP contribution >= 0.6 is 11.6 Å². The summed E-state index contributed by atoms with van der Waals surface area (Å²) >= 11 is 6.01. The van der Waals surface area contributed by atoms with Crippen LogP contribution in [0.5, 0.6) is 5.75 Å². The standard InChI is InChI=1S/C26H38ClNO3S.C4H4O4/c1-17(2)28-15-19(29)16-31-24-22(25(3,4)5)13-21(14-23(24)26(6,7)8)32(30)20-11-9-18(27)10-12-20;5-3(6)1-2-4(7)8/h9-14,17,19,28-29H,15-16H2,1-8H3;1-2H,(H,5,6)(H,7,8)/b;2-1-. The lowest BCUT2D eigenvalue weighted by Gasteiger charge is -2.31. The minimum Gasteiger partial charge on any atom is -0.490 e. The summed E-state index contributed by atoms with van der Waals surface area (Å²) in [6, 6.07) is 11.4. The van der Waals surface area contributed by atoms with Crippen molar-refractivity contribution in [3.8, 4) is 5.75 Å². The number of aliphatic hydroxyl groups is 1. The summed E-state index contributed by atoms with van der Waals surface area (Å²) in [5.41, 5.74) is 1.48. The lowest BCUT2D eigenvalue weighted by molar-refractivity contribution is -0.134. The number of hydrogen-bond acceptors (Lipinski definition) is 6. The predicted octanol–water partition coefficient (Wildman–Crippen LogP) is 5.55. The monoisotopic (exact) mass is 595 g/mol. The molecule has 0 spiro atoms. The first-order valence-corrected chi connectivity index (χ1v) is 14.4. The van der Waals surface area contributed by atoms with E-state index in [-0.39, 0.29) is 17.4 Å². The van der Waals surface area contributed by atoms with Crippen LogP contribution in [0.3, 0.4) is 0 Å². The van der Waals surface area contributed by atoms with Crippen molar-refractivity contribution in [3.63, 3.8) is 0 Å². The molecule has 2 rings (SSSR count). The molecule has 4 N–H and O–H groups in total. The van der Waals surface area contributed by atoms with Crippen LogP contribution in [-0.4, -0.2) is 56.8 Å². The number of aliphatic carboxylic acids is 2. The van der Waals surface area contributed by atoms with Gasteiger partial charge < -0.3 is 25.4 Å². The van der Waals surface area contributed by atoms with Crippen molar-refractivity contribution in [2.75, 3.05) is 13.2 Å². The number of carbonyl (C=O) groups is 2. The molecule has 0 aliphatic rings. The van der Waals surface area contributed by atoms with Gasteiger partial charge in [-0.3, -0.25) is 0 Å². The molecule has 0 bridgehead atoms. The molecule has 0 amide bonds. The topological polar surface area (TPSA) is 133 Å². The SMILES string of the molecule is CC(C)NCC(O)COc1c(C(C)(C)C)cc(S(=O)c2ccc(Cl)cc2)cc1C(C)(C)C.O=C(O)/C=C\C(=O)O. The highest BCUT2D eigenvalue weighted by Crippen LogP contribution is 2.42. The zero-order chi connectivity index (χ0) is 30.8. The van der Waals surface area contributed by atoms with Gasteiger partial charge in [0.1, 0.15) is 18.5 Å². The fraction of sp³-hybridized carbons (Fsp3) is 0.467. The van der Waals surface area contributed by atoms with Crippen LogP contribution in [0.15, 0.2) is 58.3 Å². The summed E-state index contributed by atoms with van der Waals surface area (Å²) < 4.78 is 19.7. The second kappa shape index (κ2) is 15.3. The van der Waals surface area contributed by atoms with Gasteiger partial charge in [-0.1, -0.05) is 67.0 Å². The van der Waals surface area contributed by atoms with Crippen molar-refractivity contribution in [2.45, 2.75) is 88.2 Å². The molecule has 0 aliphatic carbocycles. The molecule has 2 atom stereocenters. The smallest absolute Gasteiger partial charge is 0.328 e. The summed E-state index contributed by atoms with van der Waals surface area (Å²) in [5, 5.41) is 29.9. The van der Waals surface area contributed by atoms with E-state index in [0.29, 0.717) is 34.7 Å². The first-order valence-electron chi connectivity index (χ1n) is 12.9. The Kier molecular flexibility index (Phi) is 13.5. The van der Waals surface area contributed by atoms with E-state index < -0.39 is 28.8 Å². The van der Waals surface area contributed by atoms with Crippen LogP contribution < -0.4 is 10.1 Å². The number of carboxylic acid groups (broad SMARTS) is 2. The normalized spacial score (nSPS) is 13.5.